The normalized spacial score (nSPS) is 23.8. The highest BCUT2D eigenvalue weighted by Gasteiger charge is 2.48. The Kier molecular flexibility index (Phi) is 7.57. The molecule has 3 heterocycles. The first-order valence-electron chi connectivity index (χ1n) is 13.9. The standard InChI is InChI=1S/C31H41N3O3/c1-23(2)29(35)34-21-26(28(22-34)25-7-5-4-6-8-25)20-32-16-13-31(14-17-32)15-18-33(30(31)36)19-24-9-11-27(37-3)12-10-24/h4-12,23,26,28H,13-22H2,1-3H3/t26-,28+/m0/s1. The lowest BCUT2D eigenvalue weighted by Gasteiger charge is -2.39. The Morgan fingerprint density at radius 2 is 1.65 bits per heavy atom. The van der Waals surface area contributed by atoms with Crippen LogP contribution in [0, 0.1) is 17.3 Å². The first-order chi connectivity index (χ1) is 17.9. The largest absolute Gasteiger partial charge is 0.497 e. The van der Waals surface area contributed by atoms with Crippen molar-refractivity contribution < 1.29 is 14.3 Å². The highest BCUT2D eigenvalue weighted by molar-refractivity contribution is 5.85. The highest BCUT2D eigenvalue weighted by Crippen LogP contribution is 2.43. The topological polar surface area (TPSA) is 53.1 Å². The van der Waals surface area contributed by atoms with Crippen molar-refractivity contribution in [2.24, 2.45) is 17.3 Å². The summed E-state index contributed by atoms with van der Waals surface area (Å²) in [7, 11) is 1.67. The summed E-state index contributed by atoms with van der Waals surface area (Å²) in [5.74, 6) is 2.25. The third-order valence-electron chi connectivity index (χ3n) is 8.91. The van der Waals surface area contributed by atoms with Crippen LogP contribution >= 0.6 is 0 Å². The van der Waals surface area contributed by atoms with Crippen molar-refractivity contribution in [1.82, 2.24) is 14.7 Å². The molecule has 0 saturated carbocycles. The number of carbonyl (C=O) groups excluding carboxylic acids is 2. The molecule has 2 atom stereocenters. The maximum absolute atomic E-state index is 13.5. The number of amides is 2. The number of nitrogens with zero attached hydrogens (tertiary/aromatic N) is 3. The molecule has 3 aliphatic heterocycles. The number of likely N-dealkylation sites (tertiary alicyclic amines) is 3. The highest BCUT2D eigenvalue weighted by atomic mass is 16.5. The van der Waals surface area contributed by atoms with Crippen LogP contribution in [0.5, 0.6) is 5.75 Å². The predicted molar refractivity (Wildman–Crippen MR) is 145 cm³/mol. The molecule has 2 aromatic rings. The van der Waals surface area contributed by atoms with E-state index >= 15 is 0 Å². The molecule has 0 unspecified atom stereocenters. The molecule has 1 spiro atoms. The fourth-order valence-electron chi connectivity index (χ4n) is 6.63. The van der Waals surface area contributed by atoms with Crippen molar-refractivity contribution in [2.75, 3.05) is 46.4 Å². The van der Waals surface area contributed by atoms with Gasteiger partial charge in [-0.1, -0.05) is 56.3 Å². The molecule has 0 aromatic heterocycles. The summed E-state index contributed by atoms with van der Waals surface area (Å²) in [6.45, 7) is 10.0. The average Bonchev–Trinajstić information content (AvgIpc) is 3.47. The van der Waals surface area contributed by atoms with Gasteiger partial charge < -0.3 is 19.4 Å². The quantitative estimate of drug-likeness (QED) is 0.562. The second-order valence-electron chi connectivity index (χ2n) is 11.6. The van der Waals surface area contributed by atoms with Gasteiger partial charge in [0.15, 0.2) is 0 Å². The Bertz CT molecular complexity index is 1080. The molecule has 37 heavy (non-hydrogen) atoms. The fraction of sp³-hybridized carbons (Fsp3) is 0.548. The Morgan fingerprint density at radius 3 is 2.30 bits per heavy atom. The van der Waals surface area contributed by atoms with E-state index in [1.807, 2.05) is 26.0 Å². The second-order valence-corrected chi connectivity index (χ2v) is 11.6. The lowest BCUT2D eigenvalue weighted by Crippen LogP contribution is -2.46. The van der Waals surface area contributed by atoms with Gasteiger partial charge in [-0.2, -0.15) is 0 Å². The summed E-state index contributed by atoms with van der Waals surface area (Å²) in [6, 6.07) is 18.7. The number of ether oxygens (including phenoxy) is 1. The van der Waals surface area contributed by atoms with Gasteiger partial charge in [-0.15, -0.1) is 0 Å². The molecule has 198 valence electrons. The molecule has 6 nitrogen and oxygen atoms in total. The molecule has 3 fully saturated rings. The summed E-state index contributed by atoms with van der Waals surface area (Å²) >= 11 is 0. The van der Waals surface area contributed by atoms with Gasteiger partial charge in [0.05, 0.1) is 12.5 Å². The lowest BCUT2D eigenvalue weighted by molar-refractivity contribution is -0.139. The van der Waals surface area contributed by atoms with Gasteiger partial charge in [-0.25, -0.2) is 0 Å². The summed E-state index contributed by atoms with van der Waals surface area (Å²) < 4.78 is 5.26. The van der Waals surface area contributed by atoms with E-state index in [1.165, 1.54) is 5.56 Å². The van der Waals surface area contributed by atoms with Crippen LogP contribution in [0.4, 0.5) is 0 Å². The summed E-state index contributed by atoms with van der Waals surface area (Å²) in [5, 5.41) is 0. The van der Waals surface area contributed by atoms with E-state index in [4.69, 9.17) is 4.74 Å². The molecular formula is C31H41N3O3. The second kappa shape index (κ2) is 10.9. The van der Waals surface area contributed by atoms with E-state index in [-0.39, 0.29) is 17.2 Å². The minimum atomic E-state index is -0.197. The maximum atomic E-state index is 13.5. The summed E-state index contributed by atoms with van der Waals surface area (Å²) in [5.41, 5.74) is 2.29. The average molecular weight is 504 g/mol. The number of piperidine rings is 1. The van der Waals surface area contributed by atoms with Gasteiger partial charge in [-0.05, 0) is 61.5 Å². The van der Waals surface area contributed by atoms with Crippen LogP contribution in [0.15, 0.2) is 54.6 Å². The third-order valence-corrected chi connectivity index (χ3v) is 8.91. The van der Waals surface area contributed by atoms with Crippen molar-refractivity contribution in [1.29, 1.82) is 0 Å². The van der Waals surface area contributed by atoms with Crippen molar-refractivity contribution in [2.45, 2.75) is 45.6 Å². The Labute approximate surface area is 221 Å². The van der Waals surface area contributed by atoms with Crippen LogP contribution < -0.4 is 4.74 Å². The van der Waals surface area contributed by atoms with Crippen molar-refractivity contribution in [3.8, 4) is 5.75 Å². The Hall–Kier alpha value is -2.86. The lowest BCUT2D eigenvalue weighted by atomic mass is 9.76. The zero-order valence-corrected chi connectivity index (χ0v) is 22.6. The molecular weight excluding hydrogens is 462 g/mol. The molecule has 2 amide bonds. The zero-order valence-electron chi connectivity index (χ0n) is 22.6. The smallest absolute Gasteiger partial charge is 0.229 e. The minimum absolute atomic E-state index is 0.0271. The van der Waals surface area contributed by atoms with Gasteiger partial charge in [0, 0.05) is 44.6 Å². The van der Waals surface area contributed by atoms with Gasteiger partial charge in [0.25, 0.3) is 0 Å². The van der Waals surface area contributed by atoms with E-state index in [2.05, 4.69) is 57.2 Å². The van der Waals surface area contributed by atoms with Gasteiger partial charge in [0.1, 0.15) is 5.75 Å². The van der Waals surface area contributed by atoms with Gasteiger partial charge >= 0.3 is 0 Å². The third kappa shape index (κ3) is 5.40. The fourth-order valence-corrected chi connectivity index (χ4v) is 6.63. The number of rotatable bonds is 7. The molecule has 0 aliphatic carbocycles. The van der Waals surface area contributed by atoms with Crippen molar-refractivity contribution >= 4 is 11.8 Å². The molecule has 0 bridgehead atoms. The summed E-state index contributed by atoms with van der Waals surface area (Å²) in [4.78, 5) is 33.0. The van der Waals surface area contributed by atoms with Crippen molar-refractivity contribution in [3.63, 3.8) is 0 Å². The molecule has 0 N–H and O–H groups in total. The SMILES string of the molecule is COc1ccc(CN2CCC3(CCN(C[C@H]4CN(C(=O)C(C)C)C[C@@H]4c4ccccc4)CC3)C2=O)cc1. The van der Waals surface area contributed by atoms with Crippen LogP contribution in [-0.4, -0.2) is 72.9 Å². The Morgan fingerprint density at radius 1 is 0.973 bits per heavy atom. The number of hydrogen-bond donors (Lipinski definition) is 0. The Balaban J connectivity index is 1.20. The molecule has 3 aliphatic rings. The van der Waals surface area contributed by atoms with E-state index in [1.54, 1.807) is 7.11 Å². The van der Waals surface area contributed by atoms with E-state index in [0.29, 0.717) is 24.3 Å². The van der Waals surface area contributed by atoms with Gasteiger partial charge in [-0.3, -0.25) is 9.59 Å². The van der Waals surface area contributed by atoms with Gasteiger partial charge in [0.2, 0.25) is 11.8 Å². The number of carbonyl (C=O) groups is 2. The molecule has 0 radical (unpaired) electrons. The molecule has 2 aromatic carbocycles. The van der Waals surface area contributed by atoms with Crippen LogP contribution in [0.1, 0.15) is 50.2 Å². The zero-order chi connectivity index (χ0) is 26.0. The first kappa shape index (κ1) is 25.8. The van der Waals surface area contributed by atoms with Crippen LogP contribution in [0.3, 0.4) is 0 Å². The van der Waals surface area contributed by atoms with E-state index < -0.39 is 0 Å². The molecule has 6 heteroatoms. The van der Waals surface area contributed by atoms with E-state index in [9.17, 15) is 9.59 Å². The number of methoxy groups -OCH3 is 1. The summed E-state index contributed by atoms with van der Waals surface area (Å²) in [6.07, 6.45) is 2.83. The minimum Gasteiger partial charge on any atom is -0.497 e. The molecule has 3 saturated heterocycles. The number of benzene rings is 2. The van der Waals surface area contributed by atoms with Crippen LogP contribution in [0.25, 0.3) is 0 Å². The molecule has 5 rings (SSSR count). The van der Waals surface area contributed by atoms with Crippen molar-refractivity contribution in [3.05, 3.63) is 65.7 Å². The van der Waals surface area contributed by atoms with E-state index in [0.717, 1.165) is 69.8 Å². The monoisotopic (exact) mass is 503 g/mol. The first-order valence-corrected chi connectivity index (χ1v) is 13.9. The van der Waals surface area contributed by atoms with Crippen LogP contribution in [-0.2, 0) is 16.1 Å². The number of hydrogen-bond acceptors (Lipinski definition) is 4. The van der Waals surface area contributed by atoms with Crippen LogP contribution in [0.2, 0.25) is 0 Å². The maximum Gasteiger partial charge on any atom is 0.229 e. The predicted octanol–water partition coefficient (Wildman–Crippen LogP) is 4.41.